The Morgan fingerprint density at radius 1 is 1.24 bits per heavy atom. The van der Waals surface area contributed by atoms with Crippen LogP contribution in [0, 0.1) is 5.82 Å². The molecule has 0 saturated heterocycles. The molecule has 0 amide bonds. The number of benzene rings is 2. The summed E-state index contributed by atoms with van der Waals surface area (Å²) in [6, 6.07) is 9.71. The van der Waals surface area contributed by atoms with Crippen molar-refractivity contribution in [1.82, 2.24) is 0 Å². The van der Waals surface area contributed by atoms with Crippen LogP contribution in [0.15, 0.2) is 40.9 Å². The van der Waals surface area contributed by atoms with E-state index in [1.807, 2.05) is 18.2 Å². The summed E-state index contributed by atoms with van der Waals surface area (Å²) >= 11 is 3.47. The van der Waals surface area contributed by atoms with E-state index in [0.717, 1.165) is 15.8 Å². The van der Waals surface area contributed by atoms with Crippen molar-refractivity contribution >= 4 is 15.9 Å². The molecule has 2 N–H and O–H groups in total. The second kappa shape index (κ2) is 6.91. The Balaban J connectivity index is 2.20. The molecule has 0 aliphatic rings. The van der Waals surface area contributed by atoms with E-state index in [-0.39, 0.29) is 11.9 Å². The highest BCUT2D eigenvalue weighted by Crippen LogP contribution is 2.28. The third kappa shape index (κ3) is 3.95. The van der Waals surface area contributed by atoms with Crippen molar-refractivity contribution in [2.75, 3.05) is 7.11 Å². The first-order valence-corrected chi connectivity index (χ1v) is 7.31. The molecule has 0 saturated carbocycles. The fourth-order valence-electron chi connectivity index (χ4n) is 1.95. The Bertz CT molecular complexity index is 632. The molecule has 0 aliphatic carbocycles. The molecule has 21 heavy (non-hydrogen) atoms. The molecule has 0 aliphatic heterocycles. The molecule has 0 fully saturated rings. The minimum atomic E-state index is -0.322. The summed E-state index contributed by atoms with van der Waals surface area (Å²) in [6.45, 7) is 2.13. The largest absolute Gasteiger partial charge is 0.497 e. The van der Waals surface area contributed by atoms with Gasteiger partial charge in [-0.15, -0.1) is 0 Å². The number of nitrogens with two attached hydrogens (primary N) is 1. The molecular weight excluding hydrogens is 337 g/mol. The van der Waals surface area contributed by atoms with E-state index in [9.17, 15) is 4.39 Å². The average Bonchev–Trinajstić information content (AvgIpc) is 2.47. The zero-order valence-electron chi connectivity index (χ0n) is 11.9. The molecule has 5 heteroatoms. The van der Waals surface area contributed by atoms with Gasteiger partial charge in [0.2, 0.25) is 0 Å². The molecule has 0 aromatic heterocycles. The van der Waals surface area contributed by atoms with Crippen molar-refractivity contribution in [1.29, 1.82) is 0 Å². The summed E-state index contributed by atoms with van der Waals surface area (Å²) < 4.78 is 25.2. The predicted octanol–water partition coefficient (Wildman–Crippen LogP) is 4.20. The second-order valence-corrected chi connectivity index (χ2v) is 5.57. The van der Waals surface area contributed by atoms with Gasteiger partial charge in [-0.25, -0.2) is 4.39 Å². The van der Waals surface area contributed by atoms with Crippen molar-refractivity contribution in [2.24, 2.45) is 5.73 Å². The lowest BCUT2D eigenvalue weighted by Gasteiger charge is -2.15. The highest BCUT2D eigenvalue weighted by Gasteiger charge is 2.11. The van der Waals surface area contributed by atoms with Crippen LogP contribution >= 0.6 is 15.9 Å². The van der Waals surface area contributed by atoms with Crippen LogP contribution in [-0.2, 0) is 6.61 Å². The zero-order chi connectivity index (χ0) is 15.4. The van der Waals surface area contributed by atoms with Gasteiger partial charge in [-0.1, -0.05) is 15.9 Å². The van der Waals surface area contributed by atoms with Gasteiger partial charge >= 0.3 is 0 Å². The summed E-state index contributed by atoms with van der Waals surface area (Å²) in [4.78, 5) is 0. The topological polar surface area (TPSA) is 44.5 Å². The third-order valence-corrected chi connectivity index (χ3v) is 3.87. The molecule has 2 aromatic carbocycles. The number of ether oxygens (including phenoxy) is 2. The second-order valence-electron chi connectivity index (χ2n) is 4.72. The van der Waals surface area contributed by atoms with E-state index in [0.29, 0.717) is 17.9 Å². The van der Waals surface area contributed by atoms with Crippen molar-refractivity contribution in [2.45, 2.75) is 19.6 Å². The fraction of sp³-hybridized carbons (Fsp3) is 0.250. The molecule has 112 valence electrons. The van der Waals surface area contributed by atoms with Crippen LogP contribution in [0.5, 0.6) is 11.5 Å². The van der Waals surface area contributed by atoms with Crippen LogP contribution in [0.1, 0.15) is 24.1 Å². The van der Waals surface area contributed by atoms with Gasteiger partial charge in [0.15, 0.2) is 0 Å². The third-order valence-electron chi connectivity index (χ3n) is 3.10. The van der Waals surface area contributed by atoms with Gasteiger partial charge in [0.1, 0.15) is 23.9 Å². The smallest absolute Gasteiger partial charge is 0.124 e. The van der Waals surface area contributed by atoms with Crippen LogP contribution in [0.4, 0.5) is 4.39 Å². The average molecular weight is 354 g/mol. The first kappa shape index (κ1) is 15.8. The first-order valence-electron chi connectivity index (χ1n) is 6.51. The van der Waals surface area contributed by atoms with Gasteiger partial charge in [0, 0.05) is 21.6 Å². The maximum absolute atomic E-state index is 13.3. The van der Waals surface area contributed by atoms with E-state index in [2.05, 4.69) is 15.9 Å². The Kier molecular flexibility index (Phi) is 5.20. The summed E-state index contributed by atoms with van der Waals surface area (Å²) in [6.07, 6.45) is 0. The van der Waals surface area contributed by atoms with E-state index in [1.165, 1.54) is 12.1 Å². The molecule has 0 unspecified atom stereocenters. The Labute approximate surface area is 132 Å². The molecule has 0 radical (unpaired) electrons. The summed E-state index contributed by atoms with van der Waals surface area (Å²) in [7, 11) is 1.61. The van der Waals surface area contributed by atoms with Crippen LogP contribution in [0.2, 0.25) is 0 Å². The lowest BCUT2D eigenvalue weighted by atomic mass is 10.1. The lowest BCUT2D eigenvalue weighted by Crippen LogP contribution is -2.08. The van der Waals surface area contributed by atoms with E-state index >= 15 is 0 Å². The Morgan fingerprint density at radius 2 is 2.00 bits per heavy atom. The highest BCUT2D eigenvalue weighted by molar-refractivity contribution is 9.10. The van der Waals surface area contributed by atoms with E-state index < -0.39 is 0 Å². The molecule has 0 bridgehead atoms. The molecule has 1 atom stereocenters. The molecule has 0 heterocycles. The molecule has 0 spiro atoms. The van der Waals surface area contributed by atoms with E-state index in [1.54, 1.807) is 20.1 Å². The van der Waals surface area contributed by atoms with Crippen LogP contribution in [0.25, 0.3) is 0 Å². The number of halogens is 2. The summed E-state index contributed by atoms with van der Waals surface area (Å²) in [5.74, 6) is 1.02. The highest BCUT2D eigenvalue weighted by atomic mass is 79.9. The Morgan fingerprint density at radius 3 is 2.67 bits per heavy atom. The normalized spacial score (nSPS) is 12.0. The Hall–Kier alpha value is -1.59. The van der Waals surface area contributed by atoms with Gasteiger partial charge in [-0.3, -0.25) is 0 Å². The molecule has 2 rings (SSSR count). The van der Waals surface area contributed by atoms with Gasteiger partial charge < -0.3 is 15.2 Å². The molecular formula is C16H17BrFNO2. The van der Waals surface area contributed by atoms with Crippen molar-refractivity contribution < 1.29 is 13.9 Å². The number of hydrogen-bond donors (Lipinski definition) is 1. The molecule has 2 aromatic rings. The van der Waals surface area contributed by atoms with E-state index in [4.69, 9.17) is 15.2 Å². The minimum Gasteiger partial charge on any atom is -0.497 e. The monoisotopic (exact) mass is 353 g/mol. The van der Waals surface area contributed by atoms with Crippen LogP contribution in [-0.4, -0.2) is 7.11 Å². The van der Waals surface area contributed by atoms with Gasteiger partial charge in [0.25, 0.3) is 0 Å². The van der Waals surface area contributed by atoms with Crippen molar-refractivity contribution in [3.8, 4) is 11.5 Å². The quantitative estimate of drug-likeness (QED) is 0.876. The maximum atomic E-state index is 13.3. The van der Waals surface area contributed by atoms with Gasteiger partial charge in [-0.05, 0) is 43.3 Å². The zero-order valence-corrected chi connectivity index (χ0v) is 13.5. The minimum absolute atomic E-state index is 0.301. The predicted molar refractivity (Wildman–Crippen MR) is 84.0 cm³/mol. The van der Waals surface area contributed by atoms with Crippen molar-refractivity contribution in [3.05, 3.63) is 57.8 Å². The maximum Gasteiger partial charge on any atom is 0.124 e. The van der Waals surface area contributed by atoms with Gasteiger partial charge in [0.05, 0.1) is 7.11 Å². The number of methoxy groups -OCH3 is 1. The molecule has 3 nitrogen and oxygen atoms in total. The number of rotatable bonds is 5. The summed E-state index contributed by atoms with van der Waals surface area (Å²) in [5.41, 5.74) is 7.44. The van der Waals surface area contributed by atoms with Crippen LogP contribution in [0.3, 0.4) is 0 Å². The standard InChI is InChI=1S/C16H17BrFNO2/c1-10(19)14-8-12(18)3-6-16(14)21-9-11-7-13(20-2)4-5-15(11)17/h3-8,10H,9,19H2,1-2H3/t10-/m0/s1. The first-order chi connectivity index (χ1) is 10.0. The number of hydrogen-bond acceptors (Lipinski definition) is 3. The lowest BCUT2D eigenvalue weighted by molar-refractivity contribution is 0.299. The van der Waals surface area contributed by atoms with Crippen molar-refractivity contribution in [3.63, 3.8) is 0 Å². The van der Waals surface area contributed by atoms with Crippen LogP contribution < -0.4 is 15.2 Å². The fourth-order valence-corrected chi connectivity index (χ4v) is 2.31. The van der Waals surface area contributed by atoms with Gasteiger partial charge in [-0.2, -0.15) is 0 Å². The SMILES string of the molecule is COc1ccc(Br)c(COc2ccc(F)cc2[C@H](C)N)c1. The summed E-state index contributed by atoms with van der Waals surface area (Å²) in [5, 5.41) is 0.